The average Bonchev–Trinajstić information content (AvgIpc) is 2.54. The summed E-state index contributed by atoms with van der Waals surface area (Å²) < 4.78 is 6.61. The highest BCUT2D eigenvalue weighted by Crippen LogP contribution is 2.05. The van der Waals surface area contributed by atoms with Gasteiger partial charge < -0.3 is 4.74 Å². The topological polar surface area (TPSA) is 73.6 Å². The molecule has 0 saturated heterocycles. The van der Waals surface area contributed by atoms with Crippen LogP contribution in [0.2, 0.25) is 0 Å². The lowest BCUT2D eigenvalue weighted by Crippen LogP contribution is -2.17. The molecule has 3 heterocycles. The van der Waals surface area contributed by atoms with Crippen LogP contribution < -0.4 is 5.56 Å². The Labute approximate surface area is 126 Å². The van der Waals surface area contributed by atoms with Crippen LogP contribution in [0.25, 0.3) is 5.65 Å². The van der Waals surface area contributed by atoms with Crippen LogP contribution in [0.5, 0.6) is 0 Å². The van der Waals surface area contributed by atoms with Crippen molar-refractivity contribution in [1.82, 2.24) is 14.4 Å². The molecule has 3 aromatic heterocycles. The Morgan fingerprint density at radius 2 is 2.18 bits per heavy atom. The summed E-state index contributed by atoms with van der Waals surface area (Å²) in [5.74, 6) is -0.501. The fourth-order valence-corrected chi connectivity index (χ4v) is 2.04. The average molecular weight is 295 g/mol. The van der Waals surface area contributed by atoms with Crippen LogP contribution in [-0.2, 0) is 11.3 Å². The standard InChI is InChI=1S/C16H13N3O3/c1-11-4-5-14-18-13(7-15(20)19(14)9-11)10-22-16(21)12-3-2-6-17-8-12/h2-9H,10H2,1H3. The number of pyridine rings is 2. The smallest absolute Gasteiger partial charge is 0.340 e. The zero-order chi connectivity index (χ0) is 15.5. The number of aryl methyl sites for hydroxylation is 1. The van der Waals surface area contributed by atoms with E-state index in [0.717, 1.165) is 5.56 Å². The van der Waals surface area contributed by atoms with Crippen molar-refractivity contribution in [1.29, 1.82) is 0 Å². The van der Waals surface area contributed by atoms with E-state index in [4.69, 9.17) is 4.74 Å². The molecule has 0 aromatic carbocycles. The molecule has 0 unspecified atom stereocenters. The van der Waals surface area contributed by atoms with Crippen LogP contribution in [0, 0.1) is 6.92 Å². The Kier molecular flexibility index (Phi) is 3.65. The maximum atomic E-state index is 12.0. The molecule has 6 heteroatoms. The Morgan fingerprint density at radius 1 is 1.32 bits per heavy atom. The third kappa shape index (κ3) is 2.85. The number of hydrogen-bond acceptors (Lipinski definition) is 5. The number of rotatable bonds is 3. The molecule has 0 atom stereocenters. The molecule has 0 fully saturated rings. The molecule has 0 amide bonds. The number of hydrogen-bond donors (Lipinski definition) is 0. The molecule has 3 rings (SSSR count). The maximum Gasteiger partial charge on any atom is 0.340 e. The zero-order valence-corrected chi connectivity index (χ0v) is 11.9. The van der Waals surface area contributed by atoms with E-state index in [1.165, 1.54) is 16.7 Å². The molecule has 0 aliphatic carbocycles. The van der Waals surface area contributed by atoms with E-state index in [1.54, 1.807) is 30.6 Å². The highest BCUT2D eigenvalue weighted by atomic mass is 16.5. The summed E-state index contributed by atoms with van der Waals surface area (Å²) in [7, 11) is 0. The third-order valence-corrected chi connectivity index (χ3v) is 3.11. The van der Waals surface area contributed by atoms with Gasteiger partial charge in [0.15, 0.2) is 0 Å². The van der Waals surface area contributed by atoms with Crippen LogP contribution in [-0.4, -0.2) is 20.3 Å². The molecule has 0 bridgehead atoms. The van der Waals surface area contributed by atoms with Crippen molar-refractivity contribution in [2.45, 2.75) is 13.5 Å². The molecular formula is C16H13N3O3. The SMILES string of the molecule is Cc1ccc2nc(COC(=O)c3cccnc3)cc(=O)n2c1. The monoisotopic (exact) mass is 295 g/mol. The molecule has 22 heavy (non-hydrogen) atoms. The number of ether oxygens (including phenoxy) is 1. The van der Waals surface area contributed by atoms with Crippen LogP contribution >= 0.6 is 0 Å². The summed E-state index contributed by atoms with van der Waals surface area (Å²) >= 11 is 0. The first kappa shape index (κ1) is 13.9. The highest BCUT2D eigenvalue weighted by Gasteiger charge is 2.09. The van der Waals surface area contributed by atoms with E-state index in [2.05, 4.69) is 9.97 Å². The largest absolute Gasteiger partial charge is 0.456 e. The van der Waals surface area contributed by atoms with Gasteiger partial charge in [0.05, 0.1) is 11.3 Å². The third-order valence-electron chi connectivity index (χ3n) is 3.11. The predicted octanol–water partition coefficient (Wildman–Crippen LogP) is 1.75. The van der Waals surface area contributed by atoms with Crippen molar-refractivity contribution in [3.05, 3.63) is 76.1 Å². The Hall–Kier alpha value is -3.02. The minimum Gasteiger partial charge on any atom is -0.456 e. The first-order valence-corrected chi connectivity index (χ1v) is 6.69. The summed E-state index contributed by atoms with van der Waals surface area (Å²) in [5, 5.41) is 0. The van der Waals surface area contributed by atoms with Gasteiger partial charge >= 0.3 is 5.97 Å². The second-order valence-electron chi connectivity index (χ2n) is 4.84. The number of esters is 1. The van der Waals surface area contributed by atoms with Gasteiger partial charge in [0, 0.05) is 24.7 Å². The Bertz CT molecular complexity index is 888. The van der Waals surface area contributed by atoms with Crippen LogP contribution in [0.4, 0.5) is 0 Å². The molecule has 0 aliphatic rings. The normalized spacial score (nSPS) is 10.6. The fourth-order valence-electron chi connectivity index (χ4n) is 2.04. The van der Waals surface area contributed by atoms with Crippen molar-refractivity contribution < 1.29 is 9.53 Å². The minimum atomic E-state index is -0.501. The second-order valence-corrected chi connectivity index (χ2v) is 4.84. The summed E-state index contributed by atoms with van der Waals surface area (Å²) in [6, 6.07) is 8.25. The van der Waals surface area contributed by atoms with Gasteiger partial charge in [-0.1, -0.05) is 6.07 Å². The van der Waals surface area contributed by atoms with Gasteiger partial charge in [-0.05, 0) is 30.7 Å². The van der Waals surface area contributed by atoms with Gasteiger partial charge in [0.2, 0.25) is 0 Å². The number of fused-ring (bicyclic) bond motifs is 1. The lowest BCUT2D eigenvalue weighted by Gasteiger charge is -2.06. The van der Waals surface area contributed by atoms with Crippen LogP contribution in [0.15, 0.2) is 53.7 Å². The first-order valence-electron chi connectivity index (χ1n) is 6.69. The number of carbonyl (C=O) groups is 1. The number of carbonyl (C=O) groups excluding carboxylic acids is 1. The molecular weight excluding hydrogens is 282 g/mol. The molecule has 3 aromatic rings. The quantitative estimate of drug-likeness (QED) is 0.688. The van der Waals surface area contributed by atoms with E-state index in [1.807, 2.05) is 13.0 Å². The second kappa shape index (κ2) is 5.77. The van der Waals surface area contributed by atoms with E-state index in [9.17, 15) is 9.59 Å². The predicted molar refractivity (Wildman–Crippen MR) is 79.6 cm³/mol. The summed E-state index contributed by atoms with van der Waals surface area (Å²) in [4.78, 5) is 32.0. The van der Waals surface area contributed by atoms with E-state index in [-0.39, 0.29) is 12.2 Å². The van der Waals surface area contributed by atoms with Gasteiger partial charge in [0.25, 0.3) is 5.56 Å². The van der Waals surface area contributed by atoms with Gasteiger partial charge in [-0.3, -0.25) is 14.2 Å². The first-order chi connectivity index (χ1) is 10.6. The maximum absolute atomic E-state index is 12.0. The summed E-state index contributed by atoms with van der Waals surface area (Å²) in [6.07, 6.45) is 4.72. The van der Waals surface area contributed by atoms with Crippen molar-refractivity contribution >= 4 is 11.6 Å². The van der Waals surface area contributed by atoms with Crippen LogP contribution in [0.1, 0.15) is 21.6 Å². The lowest BCUT2D eigenvalue weighted by atomic mass is 10.3. The van der Waals surface area contributed by atoms with Gasteiger partial charge in [0.1, 0.15) is 12.3 Å². The highest BCUT2D eigenvalue weighted by molar-refractivity contribution is 5.88. The molecule has 0 N–H and O–H groups in total. The number of nitrogens with zero attached hydrogens (tertiary/aromatic N) is 3. The summed E-state index contributed by atoms with van der Waals surface area (Å²) in [6.45, 7) is 1.84. The van der Waals surface area contributed by atoms with Gasteiger partial charge in [-0.15, -0.1) is 0 Å². The molecule has 110 valence electrons. The van der Waals surface area contributed by atoms with Crippen molar-refractivity contribution in [3.63, 3.8) is 0 Å². The van der Waals surface area contributed by atoms with E-state index < -0.39 is 5.97 Å². The molecule has 0 aliphatic heterocycles. The van der Waals surface area contributed by atoms with E-state index in [0.29, 0.717) is 16.9 Å². The molecule has 0 radical (unpaired) electrons. The minimum absolute atomic E-state index is 0.0622. The number of aromatic nitrogens is 3. The van der Waals surface area contributed by atoms with Gasteiger partial charge in [-0.25, -0.2) is 9.78 Å². The lowest BCUT2D eigenvalue weighted by molar-refractivity contribution is 0.0467. The molecule has 6 nitrogen and oxygen atoms in total. The Balaban J connectivity index is 1.81. The van der Waals surface area contributed by atoms with Gasteiger partial charge in [-0.2, -0.15) is 0 Å². The van der Waals surface area contributed by atoms with E-state index >= 15 is 0 Å². The summed E-state index contributed by atoms with van der Waals surface area (Å²) in [5.41, 5.74) is 2.04. The van der Waals surface area contributed by atoms with Crippen molar-refractivity contribution in [3.8, 4) is 0 Å². The Morgan fingerprint density at radius 3 is 2.95 bits per heavy atom. The van der Waals surface area contributed by atoms with Crippen molar-refractivity contribution in [2.24, 2.45) is 0 Å². The van der Waals surface area contributed by atoms with Crippen molar-refractivity contribution in [2.75, 3.05) is 0 Å². The molecule has 0 saturated carbocycles. The van der Waals surface area contributed by atoms with Crippen LogP contribution in [0.3, 0.4) is 0 Å². The fraction of sp³-hybridized carbons (Fsp3) is 0.125. The molecule has 0 spiro atoms. The zero-order valence-electron chi connectivity index (χ0n) is 11.9.